The minimum absolute atomic E-state index is 0.151. The van der Waals surface area contributed by atoms with Crippen molar-refractivity contribution in [3.05, 3.63) is 54.3 Å². The molecule has 0 spiro atoms. The molecule has 0 aromatic heterocycles. The first-order chi connectivity index (χ1) is 16.6. The fourth-order valence-corrected chi connectivity index (χ4v) is 4.92. The standard InChI is InChI=1S/C24H30O11/c1-23(35-16(27)8-7-13-5-3-2-4-6-13)11-15(26)24(31)9-10-32-22(20(23)24)34-21-19(30)18(29)17(28)14(12-25)33-21/h2-10,14-15,17-22,25-26,28-31H,11-12H2,1H3/b8-7+/t14-,15-,17+,18+,19+,20+,21+,22-,23+,24-/m0/s1. The van der Waals surface area contributed by atoms with Gasteiger partial charge in [0.25, 0.3) is 0 Å². The van der Waals surface area contributed by atoms with Gasteiger partial charge in [0.2, 0.25) is 6.29 Å². The molecule has 10 atom stereocenters. The summed E-state index contributed by atoms with van der Waals surface area (Å²) in [6, 6.07) is 9.06. The molecule has 192 valence electrons. The van der Waals surface area contributed by atoms with Gasteiger partial charge in [-0.25, -0.2) is 4.79 Å². The van der Waals surface area contributed by atoms with Gasteiger partial charge in [-0.05, 0) is 24.6 Å². The summed E-state index contributed by atoms with van der Waals surface area (Å²) in [6.45, 7) is 0.852. The van der Waals surface area contributed by atoms with Gasteiger partial charge in [0, 0.05) is 12.5 Å². The van der Waals surface area contributed by atoms with Gasteiger partial charge in [0.05, 0.1) is 24.9 Å². The summed E-state index contributed by atoms with van der Waals surface area (Å²) in [6.07, 6.45) is -5.57. The summed E-state index contributed by atoms with van der Waals surface area (Å²) in [5.41, 5.74) is -2.62. The molecule has 3 aliphatic rings. The van der Waals surface area contributed by atoms with Crippen LogP contribution in [0, 0.1) is 5.92 Å². The number of rotatable bonds is 6. The molecule has 35 heavy (non-hydrogen) atoms. The molecule has 0 unspecified atom stereocenters. The van der Waals surface area contributed by atoms with Crippen LogP contribution in [-0.4, -0.2) is 97.5 Å². The minimum Gasteiger partial charge on any atom is -0.472 e. The van der Waals surface area contributed by atoms with E-state index in [1.807, 2.05) is 18.2 Å². The molecule has 1 saturated carbocycles. The highest BCUT2D eigenvalue weighted by Gasteiger charge is 2.66. The second kappa shape index (κ2) is 9.96. The van der Waals surface area contributed by atoms with Crippen molar-refractivity contribution in [2.75, 3.05) is 6.61 Å². The van der Waals surface area contributed by atoms with Gasteiger partial charge < -0.3 is 49.6 Å². The maximum Gasteiger partial charge on any atom is 0.331 e. The first-order valence-corrected chi connectivity index (χ1v) is 11.2. The molecule has 0 amide bonds. The predicted molar refractivity (Wildman–Crippen MR) is 118 cm³/mol. The third-order valence-corrected chi connectivity index (χ3v) is 6.77. The molecular weight excluding hydrogens is 464 g/mol. The highest BCUT2D eigenvalue weighted by atomic mass is 16.8. The molecule has 11 heteroatoms. The summed E-state index contributed by atoms with van der Waals surface area (Å²) in [5, 5.41) is 61.7. The summed E-state index contributed by atoms with van der Waals surface area (Å²) in [5.74, 6) is -1.90. The van der Waals surface area contributed by atoms with Crippen molar-refractivity contribution in [2.24, 2.45) is 5.92 Å². The van der Waals surface area contributed by atoms with Gasteiger partial charge in [-0.2, -0.15) is 0 Å². The van der Waals surface area contributed by atoms with Crippen molar-refractivity contribution in [3.63, 3.8) is 0 Å². The molecule has 1 aliphatic carbocycles. The van der Waals surface area contributed by atoms with Crippen molar-refractivity contribution in [1.82, 2.24) is 0 Å². The Morgan fingerprint density at radius 2 is 1.83 bits per heavy atom. The van der Waals surface area contributed by atoms with Crippen molar-refractivity contribution in [1.29, 1.82) is 0 Å². The number of carbonyl (C=O) groups excluding carboxylic acids is 1. The van der Waals surface area contributed by atoms with Crippen LogP contribution in [0.25, 0.3) is 6.08 Å². The minimum atomic E-state index is -1.91. The van der Waals surface area contributed by atoms with E-state index in [-0.39, 0.29) is 6.42 Å². The largest absolute Gasteiger partial charge is 0.472 e. The number of aliphatic hydroxyl groups excluding tert-OH is 5. The highest BCUT2D eigenvalue weighted by Crippen LogP contribution is 2.51. The molecule has 4 rings (SSSR count). The molecule has 0 bridgehead atoms. The van der Waals surface area contributed by atoms with Crippen LogP contribution in [0.3, 0.4) is 0 Å². The Labute approximate surface area is 201 Å². The Morgan fingerprint density at radius 3 is 2.51 bits per heavy atom. The second-order valence-electron chi connectivity index (χ2n) is 9.20. The average Bonchev–Trinajstić information content (AvgIpc) is 3.03. The normalized spacial score (nSPS) is 43.1. The molecule has 2 fully saturated rings. The zero-order valence-corrected chi connectivity index (χ0v) is 19.0. The molecule has 1 aromatic carbocycles. The van der Waals surface area contributed by atoms with Crippen LogP contribution in [0.2, 0.25) is 0 Å². The van der Waals surface area contributed by atoms with Gasteiger partial charge in [-0.1, -0.05) is 30.3 Å². The molecule has 2 aliphatic heterocycles. The Bertz CT molecular complexity index is 950. The monoisotopic (exact) mass is 494 g/mol. The number of ether oxygens (including phenoxy) is 4. The fraction of sp³-hybridized carbons (Fsp3) is 0.542. The smallest absolute Gasteiger partial charge is 0.331 e. The van der Waals surface area contributed by atoms with Crippen molar-refractivity contribution in [3.8, 4) is 0 Å². The van der Waals surface area contributed by atoms with E-state index in [0.717, 1.165) is 11.8 Å². The SMILES string of the molecule is C[C@@]1(OC(=O)/C=C/c2ccccc2)C[C@H](O)[C@@]2(O)C=CO[C@@H](O[C@H]3O[C@@H](CO)[C@@H](O)[C@@H](O)[C@H]3O)[C@@H]21. The molecule has 11 nitrogen and oxygen atoms in total. The van der Waals surface area contributed by atoms with Gasteiger partial charge in [-0.3, -0.25) is 0 Å². The van der Waals surface area contributed by atoms with Crippen LogP contribution in [0.4, 0.5) is 0 Å². The molecular formula is C24H30O11. The Hall–Kier alpha value is -2.35. The van der Waals surface area contributed by atoms with Crippen LogP contribution in [0.15, 0.2) is 48.7 Å². The number of aliphatic hydroxyl groups is 6. The zero-order chi connectivity index (χ0) is 25.4. The lowest BCUT2D eigenvalue weighted by molar-refractivity contribution is -0.351. The maximum atomic E-state index is 12.6. The zero-order valence-electron chi connectivity index (χ0n) is 19.0. The molecule has 1 saturated heterocycles. The van der Waals surface area contributed by atoms with Crippen LogP contribution in [0.5, 0.6) is 0 Å². The molecule has 1 aromatic rings. The number of benzene rings is 1. The van der Waals surface area contributed by atoms with E-state index in [0.29, 0.717) is 0 Å². The van der Waals surface area contributed by atoms with E-state index in [4.69, 9.17) is 18.9 Å². The van der Waals surface area contributed by atoms with E-state index >= 15 is 0 Å². The Kier molecular flexibility index (Phi) is 7.32. The van der Waals surface area contributed by atoms with E-state index in [1.165, 1.54) is 19.1 Å². The quantitative estimate of drug-likeness (QED) is 0.207. The third-order valence-electron chi connectivity index (χ3n) is 6.77. The molecule has 6 N–H and O–H groups in total. The number of esters is 1. The first-order valence-electron chi connectivity index (χ1n) is 11.2. The summed E-state index contributed by atoms with van der Waals surface area (Å²) in [4.78, 5) is 12.6. The van der Waals surface area contributed by atoms with E-state index in [2.05, 4.69) is 0 Å². The van der Waals surface area contributed by atoms with Crippen LogP contribution < -0.4 is 0 Å². The van der Waals surface area contributed by atoms with Crippen LogP contribution in [-0.2, 0) is 23.7 Å². The second-order valence-corrected chi connectivity index (χ2v) is 9.20. The predicted octanol–water partition coefficient (Wildman–Crippen LogP) is -1.20. The van der Waals surface area contributed by atoms with Crippen LogP contribution in [0.1, 0.15) is 18.9 Å². The summed E-state index contributed by atoms with van der Waals surface area (Å²) in [7, 11) is 0. The fourth-order valence-electron chi connectivity index (χ4n) is 4.92. The lowest BCUT2D eigenvalue weighted by atomic mass is 9.81. The summed E-state index contributed by atoms with van der Waals surface area (Å²) >= 11 is 0. The van der Waals surface area contributed by atoms with E-state index in [9.17, 15) is 35.4 Å². The number of carbonyl (C=O) groups is 1. The average molecular weight is 494 g/mol. The first kappa shape index (κ1) is 25.7. The van der Waals surface area contributed by atoms with Gasteiger partial charge in [0.15, 0.2) is 6.29 Å². The van der Waals surface area contributed by atoms with Gasteiger partial charge in [0.1, 0.15) is 35.6 Å². The number of hydrogen-bond acceptors (Lipinski definition) is 11. The van der Waals surface area contributed by atoms with Gasteiger partial charge >= 0.3 is 5.97 Å². The van der Waals surface area contributed by atoms with Crippen molar-refractivity contribution < 1.29 is 54.4 Å². The third kappa shape index (κ3) is 4.86. The van der Waals surface area contributed by atoms with E-state index < -0.39 is 72.8 Å². The topological polar surface area (TPSA) is 175 Å². The lowest BCUT2D eigenvalue weighted by Crippen LogP contribution is -2.62. The van der Waals surface area contributed by atoms with Crippen molar-refractivity contribution in [2.45, 2.75) is 67.6 Å². The summed E-state index contributed by atoms with van der Waals surface area (Å²) < 4.78 is 22.3. The van der Waals surface area contributed by atoms with E-state index in [1.54, 1.807) is 18.2 Å². The highest BCUT2D eigenvalue weighted by molar-refractivity contribution is 5.87. The van der Waals surface area contributed by atoms with Crippen LogP contribution >= 0.6 is 0 Å². The van der Waals surface area contributed by atoms with Crippen molar-refractivity contribution >= 4 is 12.0 Å². The lowest BCUT2D eigenvalue weighted by Gasteiger charge is -2.45. The number of hydrogen-bond donors (Lipinski definition) is 6. The number of fused-ring (bicyclic) bond motifs is 1. The molecule has 2 heterocycles. The maximum absolute atomic E-state index is 12.6. The molecule has 0 radical (unpaired) electrons. The Balaban J connectivity index is 1.55. The Morgan fingerprint density at radius 1 is 1.11 bits per heavy atom. The van der Waals surface area contributed by atoms with Gasteiger partial charge in [-0.15, -0.1) is 0 Å².